The van der Waals surface area contributed by atoms with Crippen molar-refractivity contribution in [3.05, 3.63) is 35.4 Å². The summed E-state index contributed by atoms with van der Waals surface area (Å²) in [4.78, 5) is 0. The van der Waals surface area contributed by atoms with E-state index in [1.807, 2.05) is 6.07 Å². The molecule has 1 aromatic rings. The van der Waals surface area contributed by atoms with E-state index in [2.05, 4.69) is 0 Å². The molecule has 0 heterocycles. The highest BCUT2D eigenvalue weighted by Crippen LogP contribution is 2.43. The third-order valence-corrected chi connectivity index (χ3v) is 3.85. The van der Waals surface area contributed by atoms with Crippen LogP contribution in [0.15, 0.2) is 24.3 Å². The quantitative estimate of drug-likeness (QED) is 0.789. The number of hydrogen-bond acceptors (Lipinski definition) is 3. The van der Waals surface area contributed by atoms with Gasteiger partial charge in [0.15, 0.2) is 0 Å². The van der Waals surface area contributed by atoms with Crippen LogP contribution in [0.3, 0.4) is 0 Å². The third kappa shape index (κ3) is 2.18. The van der Waals surface area contributed by atoms with E-state index >= 15 is 0 Å². The molecule has 1 aliphatic carbocycles. The molecule has 0 spiro atoms. The van der Waals surface area contributed by atoms with Crippen LogP contribution in [0.5, 0.6) is 0 Å². The minimum Gasteiger partial charge on any atom is -0.231 e. The van der Waals surface area contributed by atoms with Gasteiger partial charge in [-0.2, -0.15) is 5.26 Å². The van der Waals surface area contributed by atoms with E-state index < -0.39 is 10.7 Å². The molecule has 1 atom stereocenters. The van der Waals surface area contributed by atoms with E-state index in [0.717, 1.165) is 18.4 Å². The van der Waals surface area contributed by atoms with E-state index in [4.69, 9.17) is 5.26 Å². The Morgan fingerprint density at radius 1 is 1.27 bits per heavy atom. The van der Waals surface area contributed by atoms with Gasteiger partial charge in [0.25, 0.3) is 0 Å². The maximum atomic E-state index is 11.1. The summed E-state index contributed by atoms with van der Waals surface area (Å²) in [5.41, 5.74) is 1.38. The van der Waals surface area contributed by atoms with Gasteiger partial charge in [-0.3, -0.25) is 0 Å². The lowest BCUT2D eigenvalue weighted by Crippen LogP contribution is -2.02. The molecule has 15 heavy (non-hydrogen) atoms. The highest BCUT2D eigenvalue weighted by Gasteiger charge is 2.34. The van der Waals surface area contributed by atoms with Gasteiger partial charge in [-0.1, -0.05) is 12.1 Å². The normalized spacial score (nSPS) is 17.3. The molecule has 0 bridgehead atoms. The largest absolute Gasteiger partial charge is 0.231 e. The van der Waals surface area contributed by atoms with Crippen molar-refractivity contribution in [3.63, 3.8) is 0 Å². The summed E-state index contributed by atoms with van der Waals surface area (Å²) in [6, 6.07) is 8.84. The minimum atomic E-state index is -2.41. The lowest BCUT2D eigenvalue weighted by atomic mass is 10.1. The Morgan fingerprint density at radius 2 is 1.87 bits per heavy atom. The van der Waals surface area contributed by atoms with Gasteiger partial charge in [-0.25, -0.2) is 8.42 Å². The summed E-state index contributed by atoms with van der Waals surface area (Å²) in [6.07, 6.45) is 1.99. The van der Waals surface area contributed by atoms with Gasteiger partial charge in [-0.15, -0.1) is 0 Å². The average molecular weight is 221 g/mol. The maximum absolute atomic E-state index is 11.1. The number of nitrogens with zero attached hydrogens (tertiary/aromatic N) is 1. The number of hydrogen-bond donors (Lipinski definition) is 1. The maximum Gasteiger partial charge on any atom is 0.147 e. The van der Waals surface area contributed by atoms with E-state index in [0.29, 0.717) is 11.5 Å². The monoisotopic (exact) mass is 221 g/mol. The molecule has 0 N–H and O–H groups in total. The summed E-state index contributed by atoms with van der Waals surface area (Å²) in [6.45, 7) is 0. The first kappa shape index (κ1) is 10.2. The molecule has 1 fully saturated rings. The lowest BCUT2D eigenvalue weighted by Gasteiger charge is -2.08. The van der Waals surface area contributed by atoms with Crippen LogP contribution in [0.25, 0.3) is 0 Å². The molecule has 0 radical (unpaired) electrons. The summed E-state index contributed by atoms with van der Waals surface area (Å²) < 4.78 is 22.2. The Morgan fingerprint density at radius 3 is 2.27 bits per heavy atom. The van der Waals surface area contributed by atoms with Crippen molar-refractivity contribution in [2.45, 2.75) is 18.1 Å². The number of rotatable bonds is 3. The van der Waals surface area contributed by atoms with Crippen molar-refractivity contribution in [3.8, 4) is 6.07 Å². The van der Waals surface area contributed by atoms with Gasteiger partial charge in [0.05, 0.1) is 16.9 Å². The second-order valence-corrected chi connectivity index (χ2v) is 4.93. The van der Waals surface area contributed by atoms with Crippen LogP contribution < -0.4 is 0 Å². The minimum absolute atomic E-state index is 0.291. The highest BCUT2D eigenvalue weighted by molar-refractivity contribution is 7.72. The molecule has 2 rings (SSSR count). The molecule has 0 aliphatic heterocycles. The van der Waals surface area contributed by atoms with Crippen LogP contribution in [-0.2, 0) is 10.7 Å². The zero-order valence-corrected chi connectivity index (χ0v) is 8.98. The Balaban J connectivity index is 2.30. The molecule has 4 heteroatoms. The molecule has 1 unspecified atom stereocenters. The summed E-state index contributed by atoms with van der Waals surface area (Å²) in [7, 11) is -2.41. The fourth-order valence-corrected chi connectivity index (χ4v) is 2.79. The fraction of sp³-hybridized carbons (Fsp3) is 0.364. The third-order valence-electron chi connectivity index (χ3n) is 2.68. The highest BCUT2D eigenvalue weighted by atomic mass is 32.2. The van der Waals surface area contributed by atoms with Crippen molar-refractivity contribution in [1.82, 2.24) is 0 Å². The molecular formula is C11H11NO2S. The van der Waals surface area contributed by atoms with Crippen LogP contribution in [0.4, 0.5) is 0 Å². The predicted octanol–water partition coefficient (Wildman–Crippen LogP) is 1.62. The average Bonchev–Trinajstić information content (AvgIpc) is 3.03. The molecule has 1 aromatic carbocycles. The van der Waals surface area contributed by atoms with Gasteiger partial charge in [0, 0.05) is 0 Å². The first-order valence-electron chi connectivity index (χ1n) is 4.86. The molecule has 0 saturated heterocycles. The molecule has 78 valence electrons. The number of thiol groups is 1. The molecule has 3 nitrogen and oxygen atoms in total. The van der Waals surface area contributed by atoms with Crippen LogP contribution in [0, 0.1) is 17.2 Å². The summed E-state index contributed by atoms with van der Waals surface area (Å²) in [5.74, 6) is 0.291. The van der Waals surface area contributed by atoms with Crippen LogP contribution in [0.2, 0.25) is 0 Å². The first-order valence-corrected chi connectivity index (χ1v) is 6.10. The van der Waals surface area contributed by atoms with Crippen molar-refractivity contribution in [2.75, 3.05) is 0 Å². The molecule has 1 aliphatic rings. The van der Waals surface area contributed by atoms with Crippen LogP contribution in [-0.4, -0.2) is 8.42 Å². The second kappa shape index (κ2) is 4.03. The van der Waals surface area contributed by atoms with E-state index in [9.17, 15) is 8.42 Å². The van der Waals surface area contributed by atoms with Crippen molar-refractivity contribution < 1.29 is 8.42 Å². The van der Waals surface area contributed by atoms with E-state index in [1.165, 1.54) is 0 Å². The number of nitriles is 1. The topological polar surface area (TPSA) is 57.9 Å². The fourth-order valence-electron chi connectivity index (χ4n) is 1.73. The van der Waals surface area contributed by atoms with Crippen molar-refractivity contribution >= 4 is 10.7 Å². The molecule has 1 saturated carbocycles. The Bertz CT molecular complexity index is 458. The van der Waals surface area contributed by atoms with Crippen LogP contribution >= 0.6 is 0 Å². The van der Waals surface area contributed by atoms with E-state index in [1.54, 1.807) is 24.3 Å². The number of benzene rings is 1. The van der Waals surface area contributed by atoms with Crippen molar-refractivity contribution in [2.24, 2.45) is 5.92 Å². The molecule has 0 aromatic heterocycles. The Kier molecular flexibility index (Phi) is 2.74. The summed E-state index contributed by atoms with van der Waals surface area (Å²) in [5, 5.41) is 8.27. The van der Waals surface area contributed by atoms with E-state index in [-0.39, 0.29) is 5.25 Å². The Labute approximate surface area is 90.3 Å². The zero-order valence-electron chi connectivity index (χ0n) is 8.09. The standard InChI is InChI=1S/C11H11NO2S/c12-7-8-1-3-9(4-2-8)11(15(13)14)10-5-6-10/h1-4,10-11,15H,5-6H2. The van der Waals surface area contributed by atoms with Crippen molar-refractivity contribution in [1.29, 1.82) is 5.26 Å². The Hall–Kier alpha value is -1.34. The molecule has 0 amide bonds. The predicted molar refractivity (Wildman–Crippen MR) is 56.9 cm³/mol. The second-order valence-electron chi connectivity index (χ2n) is 3.80. The van der Waals surface area contributed by atoms with Gasteiger partial charge < -0.3 is 0 Å². The van der Waals surface area contributed by atoms with Gasteiger partial charge >= 0.3 is 0 Å². The van der Waals surface area contributed by atoms with Gasteiger partial charge in [0.2, 0.25) is 0 Å². The molecular weight excluding hydrogens is 210 g/mol. The smallest absolute Gasteiger partial charge is 0.147 e. The zero-order chi connectivity index (χ0) is 10.8. The van der Waals surface area contributed by atoms with Gasteiger partial charge in [0.1, 0.15) is 10.7 Å². The summed E-state index contributed by atoms with van der Waals surface area (Å²) >= 11 is 0. The van der Waals surface area contributed by atoms with Crippen LogP contribution in [0.1, 0.15) is 29.2 Å². The first-order chi connectivity index (χ1) is 7.22. The lowest BCUT2D eigenvalue weighted by molar-refractivity contribution is 0.592. The SMILES string of the molecule is N#Cc1ccc(C(C2CC2)[SH](=O)=O)cc1. The van der Waals surface area contributed by atoms with Gasteiger partial charge in [-0.05, 0) is 36.5 Å².